The third-order valence-corrected chi connectivity index (χ3v) is 5.56. The highest BCUT2D eigenvalue weighted by Crippen LogP contribution is 2.26. The van der Waals surface area contributed by atoms with Gasteiger partial charge in [-0.15, -0.1) is 23.4 Å². The molecular formula is C17H22Cl2N4S. The average molecular weight is 385 g/mol. The zero-order valence-electron chi connectivity index (χ0n) is 14.2. The van der Waals surface area contributed by atoms with Gasteiger partial charge in [0.15, 0.2) is 0 Å². The first-order valence-corrected chi connectivity index (χ1v) is 9.80. The second kappa shape index (κ2) is 9.44. The van der Waals surface area contributed by atoms with Gasteiger partial charge in [-0.05, 0) is 51.0 Å². The Hall–Kier alpha value is -1.04. The van der Waals surface area contributed by atoms with Crippen molar-refractivity contribution in [2.24, 2.45) is 0 Å². The van der Waals surface area contributed by atoms with Crippen LogP contribution in [0.25, 0.3) is 0 Å². The highest BCUT2D eigenvalue weighted by Gasteiger charge is 2.10. The Morgan fingerprint density at radius 3 is 2.71 bits per heavy atom. The number of halogens is 2. The van der Waals surface area contributed by atoms with Gasteiger partial charge in [0.05, 0.1) is 17.9 Å². The minimum Gasteiger partial charge on any atom is -0.363 e. The van der Waals surface area contributed by atoms with Crippen LogP contribution in [0.1, 0.15) is 35.6 Å². The molecule has 0 saturated heterocycles. The van der Waals surface area contributed by atoms with Gasteiger partial charge < -0.3 is 5.32 Å². The van der Waals surface area contributed by atoms with Crippen LogP contribution >= 0.6 is 35.0 Å². The second-order valence-electron chi connectivity index (χ2n) is 5.50. The Morgan fingerprint density at radius 2 is 1.96 bits per heavy atom. The van der Waals surface area contributed by atoms with E-state index in [9.17, 15) is 0 Å². The lowest BCUT2D eigenvalue weighted by atomic mass is 10.2. The predicted molar refractivity (Wildman–Crippen MR) is 103 cm³/mol. The van der Waals surface area contributed by atoms with Crippen LogP contribution in [0.2, 0.25) is 5.02 Å². The summed E-state index contributed by atoms with van der Waals surface area (Å²) in [6.45, 7) is 6.42. The Bertz CT molecular complexity index is 695. The molecule has 4 nitrogen and oxygen atoms in total. The van der Waals surface area contributed by atoms with Gasteiger partial charge in [0.2, 0.25) is 0 Å². The molecule has 2 aromatic heterocycles. The lowest BCUT2D eigenvalue weighted by Gasteiger charge is -2.13. The van der Waals surface area contributed by atoms with E-state index in [4.69, 9.17) is 23.2 Å². The van der Waals surface area contributed by atoms with Crippen molar-refractivity contribution in [1.29, 1.82) is 0 Å². The molecule has 2 aromatic rings. The van der Waals surface area contributed by atoms with E-state index in [1.54, 1.807) is 0 Å². The standard InChI is InChI=1S/C17H22Cl2N4S/c1-11-14(20-8-6-15(11)24-9-5-4-7-18)10-21-17-16(19)12(2)22-13(3)23-17/h6,8H,4-5,7,9-10H2,1-3H3,(H,21,22,23). The molecule has 0 amide bonds. The molecule has 0 saturated carbocycles. The summed E-state index contributed by atoms with van der Waals surface area (Å²) in [5, 5.41) is 3.84. The fraction of sp³-hybridized carbons (Fsp3) is 0.471. The maximum atomic E-state index is 6.28. The van der Waals surface area contributed by atoms with Gasteiger partial charge in [0.1, 0.15) is 16.7 Å². The zero-order chi connectivity index (χ0) is 17.5. The summed E-state index contributed by atoms with van der Waals surface area (Å²) in [7, 11) is 0. The van der Waals surface area contributed by atoms with E-state index in [1.165, 1.54) is 10.5 Å². The summed E-state index contributed by atoms with van der Waals surface area (Å²) in [6.07, 6.45) is 4.03. The van der Waals surface area contributed by atoms with Gasteiger partial charge in [-0.3, -0.25) is 4.98 Å². The quantitative estimate of drug-likeness (QED) is 0.386. The van der Waals surface area contributed by atoms with Crippen LogP contribution in [0.3, 0.4) is 0 Å². The average Bonchev–Trinajstić information content (AvgIpc) is 2.55. The lowest BCUT2D eigenvalue weighted by Crippen LogP contribution is -2.08. The van der Waals surface area contributed by atoms with E-state index in [2.05, 4.69) is 33.3 Å². The molecule has 1 N–H and O–H groups in total. The number of thioether (sulfide) groups is 1. The van der Waals surface area contributed by atoms with Gasteiger partial charge in [0, 0.05) is 17.0 Å². The maximum Gasteiger partial charge on any atom is 0.149 e. The van der Waals surface area contributed by atoms with E-state index in [0.717, 1.165) is 35.9 Å². The van der Waals surface area contributed by atoms with Gasteiger partial charge >= 0.3 is 0 Å². The Morgan fingerprint density at radius 1 is 1.17 bits per heavy atom. The summed E-state index contributed by atoms with van der Waals surface area (Å²) in [5.74, 6) is 3.15. The molecule has 0 radical (unpaired) electrons. The minimum absolute atomic E-state index is 0.560. The topological polar surface area (TPSA) is 50.7 Å². The van der Waals surface area contributed by atoms with Crippen LogP contribution in [-0.2, 0) is 6.54 Å². The van der Waals surface area contributed by atoms with Crippen LogP contribution in [0.4, 0.5) is 5.82 Å². The maximum absolute atomic E-state index is 6.28. The first-order valence-electron chi connectivity index (χ1n) is 7.90. The number of anilines is 1. The van der Waals surface area contributed by atoms with Crippen molar-refractivity contribution in [2.45, 2.75) is 45.1 Å². The number of nitrogens with zero attached hydrogens (tertiary/aromatic N) is 3. The fourth-order valence-corrected chi connectivity index (χ4v) is 3.66. The Labute approximate surface area is 157 Å². The summed E-state index contributed by atoms with van der Waals surface area (Å²) in [5.41, 5.74) is 2.97. The molecule has 130 valence electrons. The number of alkyl halides is 1. The minimum atomic E-state index is 0.560. The van der Waals surface area contributed by atoms with Crippen molar-refractivity contribution in [3.8, 4) is 0 Å². The smallest absolute Gasteiger partial charge is 0.149 e. The molecule has 0 unspecified atom stereocenters. The van der Waals surface area contributed by atoms with Gasteiger partial charge in [-0.1, -0.05) is 11.6 Å². The third-order valence-electron chi connectivity index (χ3n) is 3.60. The predicted octanol–water partition coefficient (Wildman–Crippen LogP) is 5.17. The molecule has 2 heterocycles. The molecule has 0 fully saturated rings. The Balaban J connectivity index is 2.05. The van der Waals surface area contributed by atoms with Crippen LogP contribution in [0, 0.1) is 20.8 Å². The number of nitrogens with one attached hydrogen (secondary N) is 1. The zero-order valence-corrected chi connectivity index (χ0v) is 16.5. The van der Waals surface area contributed by atoms with E-state index >= 15 is 0 Å². The molecule has 0 aliphatic carbocycles. The molecule has 7 heteroatoms. The first-order chi connectivity index (χ1) is 11.5. The van der Waals surface area contributed by atoms with Crippen molar-refractivity contribution < 1.29 is 0 Å². The highest BCUT2D eigenvalue weighted by atomic mass is 35.5. The number of hydrogen-bond acceptors (Lipinski definition) is 5. The number of aryl methyl sites for hydroxylation is 2. The number of unbranched alkanes of at least 4 members (excludes halogenated alkanes) is 1. The lowest BCUT2D eigenvalue weighted by molar-refractivity contribution is 0.901. The SMILES string of the molecule is Cc1nc(C)c(Cl)c(NCc2nccc(SCCCCCl)c2C)n1. The molecule has 2 rings (SSSR count). The molecule has 0 bridgehead atoms. The largest absolute Gasteiger partial charge is 0.363 e. The molecule has 0 spiro atoms. The summed E-state index contributed by atoms with van der Waals surface area (Å²) in [4.78, 5) is 14.4. The van der Waals surface area contributed by atoms with Crippen LogP contribution in [-0.4, -0.2) is 26.6 Å². The van der Waals surface area contributed by atoms with Crippen molar-refractivity contribution in [2.75, 3.05) is 16.9 Å². The fourth-order valence-electron chi connectivity index (χ4n) is 2.26. The number of aromatic nitrogens is 3. The van der Waals surface area contributed by atoms with Crippen LogP contribution in [0.15, 0.2) is 17.2 Å². The normalized spacial score (nSPS) is 10.9. The number of hydrogen-bond donors (Lipinski definition) is 1. The van der Waals surface area contributed by atoms with E-state index in [0.29, 0.717) is 23.2 Å². The summed E-state index contributed by atoms with van der Waals surface area (Å²) >= 11 is 13.9. The van der Waals surface area contributed by atoms with E-state index < -0.39 is 0 Å². The molecule has 0 aliphatic rings. The van der Waals surface area contributed by atoms with Gasteiger partial charge in [0.25, 0.3) is 0 Å². The molecule has 0 aromatic carbocycles. The van der Waals surface area contributed by atoms with Crippen LogP contribution in [0.5, 0.6) is 0 Å². The van der Waals surface area contributed by atoms with Crippen molar-refractivity contribution in [3.05, 3.63) is 40.1 Å². The van der Waals surface area contributed by atoms with Crippen molar-refractivity contribution in [1.82, 2.24) is 15.0 Å². The molecular weight excluding hydrogens is 363 g/mol. The third kappa shape index (κ3) is 5.23. The summed E-state index contributed by atoms with van der Waals surface area (Å²) in [6, 6.07) is 2.07. The molecule has 0 aliphatic heterocycles. The van der Waals surface area contributed by atoms with Crippen LogP contribution < -0.4 is 5.32 Å². The number of rotatable bonds is 8. The first kappa shape index (κ1) is 19.3. The molecule has 24 heavy (non-hydrogen) atoms. The summed E-state index contributed by atoms with van der Waals surface area (Å²) < 4.78 is 0. The van der Waals surface area contributed by atoms with E-state index in [1.807, 2.05) is 31.8 Å². The highest BCUT2D eigenvalue weighted by molar-refractivity contribution is 7.99. The Kier molecular flexibility index (Phi) is 7.59. The monoisotopic (exact) mass is 384 g/mol. The number of pyridine rings is 1. The van der Waals surface area contributed by atoms with Gasteiger partial charge in [-0.25, -0.2) is 9.97 Å². The van der Waals surface area contributed by atoms with Crippen molar-refractivity contribution >= 4 is 40.8 Å². The van der Waals surface area contributed by atoms with Crippen molar-refractivity contribution in [3.63, 3.8) is 0 Å². The van der Waals surface area contributed by atoms with E-state index in [-0.39, 0.29) is 0 Å². The second-order valence-corrected chi connectivity index (χ2v) is 7.39. The van der Waals surface area contributed by atoms with Gasteiger partial charge in [-0.2, -0.15) is 0 Å². The molecule has 0 atom stereocenters.